The van der Waals surface area contributed by atoms with Crippen LogP contribution in [0.3, 0.4) is 0 Å². The fraction of sp³-hybridized carbons (Fsp3) is 0.636. The van der Waals surface area contributed by atoms with Crippen molar-refractivity contribution in [2.75, 3.05) is 46.9 Å². The Hall–Kier alpha value is -1.55. The molecular formula is C22H37IN4O3. The Balaban J connectivity index is 0.00000450. The lowest BCUT2D eigenvalue weighted by atomic mass is 10.1. The molecule has 0 bridgehead atoms. The van der Waals surface area contributed by atoms with Crippen molar-refractivity contribution < 1.29 is 14.3 Å². The third-order valence-corrected chi connectivity index (χ3v) is 5.08. The van der Waals surface area contributed by atoms with Gasteiger partial charge in [0.25, 0.3) is 0 Å². The summed E-state index contributed by atoms with van der Waals surface area (Å²) in [5.74, 6) is 0.883. The van der Waals surface area contributed by atoms with Gasteiger partial charge in [-0.15, -0.1) is 24.0 Å². The van der Waals surface area contributed by atoms with E-state index in [1.54, 1.807) is 19.2 Å². The fourth-order valence-electron chi connectivity index (χ4n) is 3.50. The van der Waals surface area contributed by atoms with Crippen LogP contribution in [-0.4, -0.2) is 63.8 Å². The van der Waals surface area contributed by atoms with Gasteiger partial charge in [-0.1, -0.05) is 18.9 Å². The molecule has 0 aliphatic carbocycles. The lowest BCUT2D eigenvalue weighted by molar-refractivity contribution is 0.0597. The molecule has 0 aromatic heterocycles. The van der Waals surface area contributed by atoms with Gasteiger partial charge in [0.05, 0.1) is 20.8 Å². The molecule has 2 N–H and O–H groups in total. The molecule has 2 rings (SSSR count). The molecule has 1 aliphatic heterocycles. The van der Waals surface area contributed by atoms with Crippen LogP contribution >= 0.6 is 24.0 Å². The normalized spacial score (nSPS) is 15.0. The molecule has 0 spiro atoms. The summed E-state index contributed by atoms with van der Waals surface area (Å²) in [6.07, 6.45) is 6.49. The Morgan fingerprint density at radius 1 is 1.13 bits per heavy atom. The second-order valence-electron chi connectivity index (χ2n) is 7.26. The maximum atomic E-state index is 11.9. The Morgan fingerprint density at radius 3 is 2.50 bits per heavy atom. The first-order valence-electron chi connectivity index (χ1n) is 10.7. The molecule has 7 nitrogen and oxygen atoms in total. The zero-order valence-electron chi connectivity index (χ0n) is 18.5. The zero-order valence-corrected chi connectivity index (χ0v) is 20.9. The molecule has 30 heavy (non-hydrogen) atoms. The quantitative estimate of drug-likeness (QED) is 0.167. The van der Waals surface area contributed by atoms with Gasteiger partial charge in [-0.05, 0) is 63.5 Å². The summed E-state index contributed by atoms with van der Waals surface area (Å²) in [7, 11) is 2.91. The number of likely N-dealkylation sites (tertiary alicyclic amines) is 1. The third kappa shape index (κ3) is 9.07. The molecule has 0 radical (unpaired) electrons. The van der Waals surface area contributed by atoms with E-state index in [1.807, 2.05) is 6.07 Å². The summed E-state index contributed by atoms with van der Waals surface area (Å²) in [6.45, 7) is 7.80. The molecular weight excluding hydrogens is 495 g/mol. The maximum Gasteiger partial charge on any atom is 0.341 e. The second-order valence-corrected chi connectivity index (χ2v) is 7.26. The molecule has 1 aromatic carbocycles. The minimum Gasteiger partial charge on any atom is -0.496 e. The van der Waals surface area contributed by atoms with E-state index < -0.39 is 5.97 Å². The molecule has 0 atom stereocenters. The first-order valence-corrected chi connectivity index (χ1v) is 10.7. The predicted octanol–water partition coefficient (Wildman–Crippen LogP) is 3.42. The largest absolute Gasteiger partial charge is 0.496 e. The third-order valence-electron chi connectivity index (χ3n) is 5.08. The van der Waals surface area contributed by atoms with Crippen LogP contribution in [0.15, 0.2) is 23.2 Å². The van der Waals surface area contributed by atoms with E-state index in [9.17, 15) is 4.79 Å². The molecule has 8 heteroatoms. The molecule has 0 unspecified atom stereocenters. The summed E-state index contributed by atoms with van der Waals surface area (Å²) in [6, 6.07) is 5.47. The fourth-order valence-corrected chi connectivity index (χ4v) is 3.50. The Labute approximate surface area is 198 Å². The summed E-state index contributed by atoms with van der Waals surface area (Å²) >= 11 is 0. The highest BCUT2D eigenvalue weighted by molar-refractivity contribution is 14.0. The van der Waals surface area contributed by atoms with Gasteiger partial charge >= 0.3 is 5.97 Å². The number of carbonyl (C=O) groups excluding carboxylic acids is 1. The molecule has 170 valence electrons. The van der Waals surface area contributed by atoms with Gasteiger partial charge < -0.3 is 25.0 Å². The molecule has 1 saturated heterocycles. The number of halogens is 1. The number of rotatable bonds is 9. The van der Waals surface area contributed by atoms with E-state index >= 15 is 0 Å². The molecule has 1 aliphatic rings. The summed E-state index contributed by atoms with van der Waals surface area (Å²) < 4.78 is 10.1. The molecule has 0 amide bonds. The second kappa shape index (κ2) is 15.3. The van der Waals surface area contributed by atoms with Gasteiger partial charge in [0.1, 0.15) is 11.3 Å². The van der Waals surface area contributed by atoms with Crippen LogP contribution in [-0.2, 0) is 11.3 Å². The predicted molar refractivity (Wildman–Crippen MR) is 132 cm³/mol. The first kappa shape index (κ1) is 26.5. The van der Waals surface area contributed by atoms with Gasteiger partial charge in [0, 0.05) is 13.1 Å². The van der Waals surface area contributed by atoms with E-state index in [4.69, 9.17) is 9.47 Å². The van der Waals surface area contributed by atoms with Crippen LogP contribution in [0, 0.1) is 0 Å². The monoisotopic (exact) mass is 532 g/mol. The number of esters is 1. The molecule has 0 saturated carbocycles. The lowest BCUT2D eigenvalue weighted by Crippen LogP contribution is -2.39. The maximum absolute atomic E-state index is 11.9. The van der Waals surface area contributed by atoms with Crippen molar-refractivity contribution in [3.05, 3.63) is 29.3 Å². The topological polar surface area (TPSA) is 75.2 Å². The van der Waals surface area contributed by atoms with Crippen LogP contribution in [0.2, 0.25) is 0 Å². The van der Waals surface area contributed by atoms with Crippen molar-refractivity contribution in [2.45, 2.75) is 45.6 Å². The number of methoxy groups -OCH3 is 2. The van der Waals surface area contributed by atoms with E-state index in [1.165, 1.54) is 45.9 Å². The number of guanidine groups is 1. The number of nitrogens with zero attached hydrogens (tertiary/aromatic N) is 2. The van der Waals surface area contributed by atoms with Crippen LogP contribution in [0.25, 0.3) is 0 Å². The van der Waals surface area contributed by atoms with Crippen molar-refractivity contribution in [3.63, 3.8) is 0 Å². The van der Waals surface area contributed by atoms with Crippen LogP contribution in [0.5, 0.6) is 5.75 Å². The minimum absolute atomic E-state index is 0. The van der Waals surface area contributed by atoms with Crippen LogP contribution in [0.4, 0.5) is 0 Å². The number of aliphatic imine (C=N–C) groups is 1. The minimum atomic E-state index is -0.411. The average Bonchev–Trinajstić information content (AvgIpc) is 3.03. The number of hydrogen-bond donors (Lipinski definition) is 2. The van der Waals surface area contributed by atoms with Crippen molar-refractivity contribution in [1.82, 2.24) is 15.5 Å². The zero-order chi connectivity index (χ0) is 20.9. The van der Waals surface area contributed by atoms with Crippen LogP contribution < -0.4 is 15.4 Å². The van der Waals surface area contributed by atoms with Crippen LogP contribution in [0.1, 0.15) is 54.9 Å². The van der Waals surface area contributed by atoms with Gasteiger partial charge in [-0.2, -0.15) is 0 Å². The average molecular weight is 532 g/mol. The van der Waals surface area contributed by atoms with Crippen molar-refractivity contribution in [3.8, 4) is 5.75 Å². The van der Waals surface area contributed by atoms with E-state index in [0.29, 0.717) is 17.9 Å². The number of benzene rings is 1. The number of carbonyl (C=O) groups is 1. The van der Waals surface area contributed by atoms with E-state index in [0.717, 1.165) is 37.6 Å². The molecule has 1 heterocycles. The van der Waals surface area contributed by atoms with E-state index in [2.05, 4.69) is 27.4 Å². The summed E-state index contributed by atoms with van der Waals surface area (Å²) in [5, 5.41) is 6.69. The highest BCUT2D eigenvalue weighted by Crippen LogP contribution is 2.21. The van der Waals surface area contributed by atoms with Crippen molar-refractivity contribution in [1.29, 1.82) is 0 Å². The van der Waals surface area contributed by atoms with Crippen molar-refractivity contribution >= 4 is 35.9 Å². The Morgan fingerprint density at radius 2 is 1.87 bits per heavy atom. The number of hydrogen-bond acceptors (Lipinski definition) is 5. The Bertz CT molecular complexity index is 662. The van der Waals surface area contributed by atoms with E-state index in [-0.39, 0.29) is 24.0 Å². The SMILES string of the molecule is CCNC(=NCc1ccc(OC)c(C(=O)OC)c1)NCCCN1CCCCCC1.I. The summed E-state index contributed by atoms with van der Waals surface area (Å²) in [4.78, 5) is 19.2. The lowest BCUT2D eigenvalue weighted by Gasteiger charge is -2.20. The van der Waals surface area contributed by atoms with Gasteiger partial charge in [-0.25, -0.2) is 9.79 Å². The smallest absolute Gasteiger partial charge is 0.341 e. The highest BCUT2D eigenvalue weighted by atomic mass is 127. The van der Waals surface area contributed by atoms with Gasteiger partial charge in [0.2, 0.25) is 0 Å². The van der Waals surface area contributed by atoms with Gasteiger partial charge in [-0.3, -0.25) is 0 Å². The van der Waals surface area contributed by atoms with Crippen molar-refractivity contribution in [2.24, 2.45) is 4.99 Å². The first-order chi connectivity index (χ1) is 14.2. The van der Waals surface area contributed by atoms with Gasteiger partial charge in [0.15, 0.2) is 5.96 Å². The molecule has 1 fully saturated rings. The standard InChI is InChI=1S/C22H36N4O3.HI/c1-4-23-22(24-12-9-15-26-13-7-5-6-8-14-26)25-17-18-10-11-20(28-2)19(16-18)21(27)29-3;/h10-11,16H,4-9,12-15,17H2,1-3H3,(H2,23,24,25);1H. The Kier molecular flexibility index (Phi) is 13.5. The highest BCUT2D eigenvalue weighted by Gasteiger charge is 2.13. The number of ether oxygens (including phenoxy) is 2. The molecule has 1 aromatic rings. The number of nitrogens with one attached hydrogen (secondary N) is 2. The summed E-state index contributed by atoms with van der Waals surface area (Å²) in [5.41, 5.74) is 1.34.